The Kier molecular flexibility index (Phi) is 4.27. The van der Waals surface area contributed by atoms with Crippen molar-refractivity contribution in [2.45, 2.75) is 20.3 Å². The Morgan fingerprint density at radius 1 is 1.37 bits per heavy atom. The van der Waals surface area contributed by atoms with Crippen molar-refractivity contribution in [3.63, 3.8) is 0 Å². The zero-order valence-corrected chi connectivity index (χ0v) is 13.0. The molecule has 0 radical (unpaired) electrons. The van der Waals surface area contributed by atoms with Crippen LogP contribution in [0.1, 0.15) is 17.0 Å². The summed E-state index contributed by atoms with van der Waals surface area (Å²) >= 11 is 3.54. The van der Waals surface area contributed by atoms with Crippen LogP contribution in [0.15, 0.2) is 22.7 Å². The van der Waals surface area contributed by atoms with Crippen LogP contribution in [-0.2, 0) is 13.5 Å². The molecule has 0 amide bonds. The van der Waals surface area contributed by atoms with Crippen molar-refractivity contribution in [2.75, 3.05) is 6.54 Å². The summed E-state index contributed by atoms with van der Waals surface area (Å²) in [6.07, 6.45) is 0.865. The maximum atomic E-state index is 5.96. The first-order valence-electron chi connectivity index (χ1n) is 6.19. The lowest BCUT2D eigenvalue weighted by Gasteiger charge is -2.09. The first-order valence-corrected chi connectivity index (χ1v) is 6.98. The van der Waals surface area contributed by atoms with Crippen molar-refractivity contribution < 1.29 is 4.74 Å². The third kappa shape index (κ3) is 2.98. The van der Waals surface area contributed by atoms with E-state index in [-0.39, 0.29) is 0 Å². The van der Waals surface area contributed by atoms with E-state index < -0.39 is 0 Å². The van der Waals surface area contributed by atoms with E-state index in [1.54, 1.807) is 0 Å². The standard InChI is InChI=1S/C14H18BrN3O/c1-9-14(10(2)18(3)17-9)19-13-5-4-11(6-7-16)8-12(13)15/h4-5,8H,6-7,16H2,1-3H3. The molecular weight excluding hydrogens is 306 g/mol. The number of aryl methyl sites for hydroxylation is 2. The molecule has 1 heterocycles. The monoisotopic (exact) mass is 323 g/mol. The number of rotatable bonds is 4. The normalized spacial score (nSPS) is 10.8. The van der Waals surface area contributed by atoms with E-state index in [1.165, 1.54) is 5.56 Å². The predicted octanol–water partition coefficient (Wildman–Crippen LogP) is 3.09. The molecule has 5 heteroatoms. The van der Waals surface area contributed by atoms with E-state index in [4.69, 9.17) is 10.5 Å². The molecule has 0 atom stereocenters. The second kappa shape index (κ2) is 5.75. The summed E-state index contributed by atoms with van der Waals surface area (Å²) in [5, 5.41) is 4.34. The average Bonchev–Trinajstić information content (AvgIpc) is 2.59. The van der Waals surface area contributed by atoms with Crippen molar-refractivity contribution >= 4 is 15.9 Å². The zero-order chi connectivity index (χ0) is 14.0. The van der Waals surface area contributed by atoms with Gasteiger partial charge in [0.15, 0.2) is 5.75 Å². The quantitative estimate of drug-likeness (QED) is 0.940. The highest BCUT2D eigenvalue weighted by atomic mass is 79.9. The van der Waals surface area contributed by atoms with Crippen molar-refractivity contribution in [1.29, 1.82) is 0 Å². The summed E-state index contributed by atoms with van der Waals surface area (Å²) in [6, 6.07) is 6.04. The molecule has 4 nitrogen and oxygen atoms in total. The van der Waals surface area contributed by atoms with Crippen LogP contribution < -0.4 is 10.5 Å². The maximum Gasteiger partial charge on any atom is 0.171 e. The number of halogens is 1. The lowest BCUT2D eigenvalue weighted by Crippen LogP contribution is -2.02. The Morgan fingerprint density at radius 2 is 2.11 bits per heavy atom. The molecule has 0 spiro atoms. The molecule has 0 bridgehead atoms. The summed E-state index contributed by atoms with van der Waals surface area (Å²) in [4.78, 5) is 0. The summed E-state index contributed by atoms with van der Waals surface area (Å²) in [5.41, 5.74) is 8.65. The molecular formula is C14H18BrN3O. The van der Waals surface area contributed by atoms with Crippen molar-refractivity contribution in [3.05, 3.63) is 39.6 Å². The molecule has 0 fully saturated rings. The Morgan fingerprint density at radius 3 is 2.63 bits per heavy atom. The number of nitrogens with two attached hydrogens (primary N) is 1. The van der Waals surface area contributed by atoms with Crippen LogP contribution in [0.4, 0.5) is 0 Å². The molecule has 19 heavy (non-hydrogen) atoms. The Bertz CT molecular complexity index is 593. The van der Waals surface area contributed by atoms with E-state index in [1.807, 2.05) is 43.8 Å². The first-order chi connectivity index (χ1) is 9.02. The number of hydrogen-bond acceptors (Lipinski definition) is 3. The number of hydrogen-bond donors (Lipinski definition) is 1. The third-order valence-electron chi connectivity index (χ3n) is 3.08. The predicted molar refractivity (Wildman–Crippen MR) is 79.7 cm³/mol. The van der Waals surface area contributed by atoms with E-state index in [9.17, 15) is 0 Å². The van der Waals surface area contributed by atoms with Gasteiger partial charge in [-0.2, -0.15) is 5.10 Å². The van der Waals surface area contributed by atoms with Gasteiger partial charge in [-0.05, 0) is 60.4 Å². The molecule has 1 aromatic carbocycles. The molecule has 0 aliphatic heterocycles. The van der Waals surface area contributed by atoms with Crippen molar-refractivity contribution in [3.8, 4) is 11.5 Å². The molecule has 0 saturated carbocycles. The summed E-state index contributed by atoms with van der Waals surface area (Å²) in [6.45, 7) is 4.58. The largest absolute Gasteiger partial charge is 0.452 e. The highest BCUT2D eigenvalue weighted by Gasteiger charge is 2.13. The molecule has 2 aromatic rings. The molecule has 1 aromatic heterocycles. The molecule has 0 aliphatic carbocycles. The fourth-order valence-electron chi connectivity index (χ4n) is 1.96. The van der Waals surface area contributed by atoms with Crippen molar-refractivity contribution in [1.82, 2.24) is 9.78 Å². The van der Waals surface area contributed by atoms with Crippen LogP contribution in [-0.4, -0.2) is 16.3 Å². The van der Waals surface area contributed by atoms with E-state index in [2.05, 4.69) is 21.0 Å². The van der Waals surface area contributed by atoms with Gasteiger partial charge in [0.2, 0.25) is 0 Å². The molecule has 102 valence electrons. The first kappa shape index (κ1) is 14.1. The summed E-state index contributed by atoms with van der Waals surface area (Å²) in [7, 11) is 1.91. The van der Waals surface area contributed by atoms with Gasteiger partial charge in [-0.25, -0.2) is 0 Å². The molecule has 0 saturated heterocycles. The van der Waals surface area contributed by atoms with Gasteiger partial charge < -0.3 is 10.5 Å². The van der Waals surface area contributed by atoms with Gasteiger partial charge in [-0.1, -0.05) is 6.07 Å². The Balaban J connectivity index is 2.28. The van der Waals surface area contributed by atoms with E-state index >= 15 is 0 Å². The van der Waals surface area contributed by atoms with Gasteiger partial charge in [0, 0.05) is 7.05 Å². The van der Waals surface area contributed by atoms with Crippen LogP contribution in [0.25, 0.3) is 0 Å². The fraction of sp³-hybridized carbons (Fsp3) is 0.357. The second-order valence-corrected chi connectivity index (χ2v) is 5.38. The minimum atomic E-state index is 0.646. The van der Waals surface area contributed by atoms with Crippen LogP contribution in [0.2, 0.25) is 0 Å². The van der Waals surface area contributed by atoms with Crippen LogP contribution >= 0.6 is 15.9 Å². The zero-order valence-electron chi connectivity index (χ0n) is 11.4. The minimum Gasteiger partial charge on any atom is -0.452 e. The number of aromatic nitrogens is 2. The molecule has 2 rings (SSSR count). The van der Waals surface area contributed by atoms with Gasteiger partial charge in [0.25, 0.3) is 0 Å². The van der Waals surface area contributed by atoms with Gasteiger partial charge in [-0.15, -0.1) is 0 Å². The summed E-state index contributed by atoms with van der Waals surface area (Å²) in [5.74, 6) is 1.61. The molecule has 0 aliphatic rings. The highest BCUT2D eigenvalue weighted by molar-refractivity contribution is 9.10. The average molecular weight is 324 g/mol. The van der Waals surface area contributed by atoms with Gasteiger partial charge >= 0.3 is 0 Å². The van der Waals surface area contributed by atoms with Crippen molar-refractivity contribution in [2.24, 2.45) is 12.8 Å². The van der Waals surface area contributed by atoms with E-state index in [0.717, 1.165) is 33.8 Å². The Hall–Kier alpha value is -1.33. The van der Waals surface area contributed by atoms with Crippen LogP contribution in [0.5, 0.6) is 11.5 Å². The lowest BCUT2D eigenvalue weighted by molar-refractivity contribution is 0.471. The number of benzene rings is 1. The molecule has 0 unspecified atom stereocenters. The summed E-state index contributed by atoms with van der Waals surface area (Å²) < 4.78 is 8.72. The number of nitrogens with zero attached hydrogens (tertiary/aromatic N) is 2. The van der Waals surface area contributed by atoms with Gasteiger partial charge in [0.05, 0.1) is 10.2 Å². The van der Waals surface area contributed by atoms with Gasteiger partial charge in [-0.3, -0.25) is 4.68 Å². The number of ether oxygens (including phenoxy) is 1. The minimum absolute atomic E-state index is 0.646. The SMILES string of the molecule is Cc1nn(C)c(C)c1Oc1ccc(CCN)cc1Br. The topological polar surface area (TPSA) is 53.1 Å². The van der Waals surface area contributed by atoms with Gasteiger partial charge in [0.1, 0.15) is 11.4 Å². The second-order valence-electron chi connectivity index (χ2n) is 4.53. The highest BCUT2D eigenvalue weighted by Crippen LogP contribution is 2.33. The molecule has 2 N–H and O–H groups in total. The smallest absolute Gasteiger partial charge is 0.171 e. The Labute approximate surface area is 121 Å². The lowest BCUT2D eigenvalue weighted by atomic mass is 10.1. The van der Waals surface area contributed by atoms with Crippen LogP contribution in [0.3, 0.4) is 0 Å². The maximum absolute atomic E-state index is 5.96. The third-order valence-corrected chi connectivity index (χ3v) is 3.70. The van der Waals surface area contributed by atoms with Crippen LogP contribution in [0, 0.1) is 13.8 Å². The van der Waals surface area contributed by atoms with E-state index in [0.29, 0.717) is 6.54 Å². The fourth-order valence-corrected chi connectivity index (χ4v) is 2.47.